The van der Waals surface area contributed by atoms with Crippen molar-refractivity contribution in [2.24, 2.45) is 0 Å². The molecule has 2 aromatic rings. The smallest absolute Gasteiger partial charge is 0.335 e. The van der Waals surface area contributed by atoms with Crippen molar-refractivity contribution in [3.05, 3.63) is 40.9 Å². The SMILES string of the molecule is Cc1csc(N(c2ccc(C(=O)O)cc2)S(=O)[O-])n1. The Labute approximate surface area is 115 Å². The van der Waals surface area contributed by atoms with E-state index in [1.165, 1.54) is 35.6 Å². The number of carboxylic acid groups (broad SMARTS) is 1. The van der Waals surface area contributed by atoms with Crippen LogP contribution in [0.25, 0.3) is 0 Å². The van der Waals surface area contributed by atoms with Gasteiger partial charge in [-0.2, -0.15) is 0 Å². The molecule has 0 bridgehead atoms. The fourth-order valence-corrected chi connectivity index (χ4v) is 2.93. The summed E-state index contributed by atoms with van der Waals surface area (Å²) < 4.78 is 23.6. The van der Waals surface area contributed by atoms with Gasteiger partial charge in [0.2, 0.25) is 5.13 Å². The summed E-state index contributed by atoms with van der Waals surface area (Å²) in [6.07, 6.45) is 0. The van der Waals surface area contributed by atoms with Crippen molar-refractivity contribution in [3.63, 3.8) is 0 Å². The van der Waals surface area contributed by atoms with Gasteiger partial charge in [-0.3, -0.25) is 4.21 Å². The van der Waals surface area contributed by atoms with E-state index >= 15 is 0 Å². The van der Waals surface area contributed by atoms with Gasteiger partial charge in [0.05, 0.1) is 28.2 Å². The number of aryl methyl sites for hydroxylation is 1. The molecule has 0 amide bonds. The molecule has 8 heteroatoms. The second-order valence-electron chi connectivity index (χ2n) is 3.63. The number of hydrogen-bond acceptors (Lipinski definition) is 5. The Morgan fingerprint density at radius 2 is 2.05 bits per heavy atom. The molecule has 0 aliphatic rings. The molecule has 1 heterocycles. The maximum Gasteiger partial charge on any atom is 0.335 e. The standard InChI is InChI=1S/C11H10N2O4S2/c1-7-6-18-11(12-7)13(19(16)17)9-4-2-8(3-5-9)10(14)15/h2-6H,1H3,(H,14,15)(H,16,17)/p-1. The summed E-state index contributed by atoms with van der Waals surface area (Å²) in [6.45, 7) is 1.76. The van der Waals surface area contributed by atoms with Crippen LogP contribution in [0.15, 0.2) is 29.6 Å². The highest BCUT2D eigenvalue weighted by Gasteiger charge is 2.14. The molecule has 1 atom stereocenters. The molecule has 0 saturated carbocycles. The Morgan fingerprint density at radius 1 is 1.42 bits per heavy atom. The summed E-state index contributed by atoms with van der Waals surface area (Å²) in [7, 11) is 0. The van der Waals surface area contributed by atoms with Gasteiger partial charge in [0.15, 0.2) is 0 Å². The molecule has 2 rings (SSSR count). The lowest BCUT2D eigenvalue weighted by molar-refractivity contribution is 0.0697. The van der Waals surface area contributed by atoms with Crippen LogP contribution in [0, 0.1) is 6.92 Å². The number of aromatic nitrogens is 1. The van der Waals surface area contributed by atoms with Crippen molar-refractivity contribution in [3.8, 4) is 0 Å². The zero-order chi connectivity index (χ0) is 14.0. The highest BCUT2D eigenvalue weighted by Crippen LogP contribution is 2.29. The van der Waals surface area contributed by atoms with Crippen molar-refractivity contribution in [1.29, 1.82) is 0 Å². The molecule has 0 spiro atoms. The minimum Gasteiger partial charge on any atom is -0.755 e. The zero-order valence-electron chi connectivity index (χ0n) is 9.77. The minimum absolute atomic E-state index is 0.0932. The van der Waals surface area contributed by atoms with Crippen LogP contribution >= 0.6 is 11.3 Å². The Morgan fingerprint density at radius 3 is 2.47 bits per heavy atom. The van der Waals surface area contributed by atoms with Crippen LogP contribution in [0.3, 0.4) is 0 Å². The summed E-state index contributed by atoms with van der Waals surface area (Å²) in [5, 5.41) is 10.8. The van der Waals surface area contributed by atoms with Crippen molar-refractivity contribution < 1.29 is 18.7 Å². The average molecular weight is 297 g/mol. The molecule has 1 aromatic carbocycles. The number of nitrogens with zero attached hydrogens (tertiary/aromatic N) is 2. The Balaban J connectivity index is 2.40. The average Bonchev–Trinajstić information content (AvgIpc) is 2.76. The van der Waals surface area contributed by atoms with Crippen molar-refractivity contribution in [2.75, 3.05) is 4.31 Å². The molecule has 19 heavy (non-hydrogen) atoms. The summed E-state index contributed by atoms with van der Waals surface area (Å²) in [4.78, 5) is 14.8. The topological polar surface area (TPSA) is 93.6 Å². The van der Waals surface area contributed by atoms with Gasteiger partial charge in [0, 0.05) is 5.38 Å². The van der Waals surface area contributed by atoms with E-state index in [1.807, 2.05) is 0 Å². The molecule has 0 aliphatic heterocycles. The minimum atomic E-state index is -2.53. The molecule has 1 unspecified atom stereocenters. The van der Waals surface area contributed by atoms with Gasteiger partial charge >= 0.3 is 5.97 Å². The van der Waals surface area contributed by atoms with Gasteiger partial charge in [-0.05, 0) is 31.2 Å². The summed E-state index contributed by atoms with van der Waals surface area (Å²) in [5.74, 6) is -1.06. The summed E-state index contributed by atoms with van der Waals surface area (Å²) >= 11 is -1.33. The van der Waals surface area contributed by atoms with Crippen LogP contribution in [-0.4, -0.2) is 24.8 Å². The van der Waals surface area contributed by atoms with Crippen molar-refractivity contribution in [2.45, 2.75) is 6.92 Å². The van der Waals surface area contributed by atoms with Crippen LogP contribution < -0.4 is 4.31 Å². The second kappa shape index (κ2) is 5.47. The Bertz CT molecular complexity index is 624. The normalized spacial score (nSPS) is 12.1. The third-order valence-electron chi connectivity index (χ3n) is 2.28. The molecule has 0 radical (unpaired) electrons. The van der Waals surface area contributed by atoms with Crippen molar-refractivity contribution >= 4 is 39.4 Å². The molecule has 1 aromatic heterocycles. The lowest BCUT2D eigenvalue weighted by atomic mass is 10.2. The number of anilines is 2. The van der Waals surface area contributed by atoms with Crippen molar-refractivity contribution in [1.82, 2.24) is 4.98 Å². The lowest BCUT2D eigenvalue weighted by Crippen LogP contribution is -2.19. The monoisotopic (exact) mass is 297 g/mol. The molecular weight excluding hydrogens is 288 g/mol. The first kappa shape index (κ1) is 13.7. The van der Waals surface area contributed by atoms with Crippen LogP contribution in [0.5, 0.6) is 0 Å². The maximum atomic E-state index is 11.3. The quantitative estimate of drug-likeness (QED) is 0.872. The van der Waals surface area contributed by atoms with E-state index in [1.54, 1.807) is 12.3 Å². The number of carboxylic acids is 1. The number of carbonyl (C=O) groups is 1. The molecule has 100 valence electrons. The number of rotatable bonds is 4. The van der Waals surface area contributed by atoms with Crippen LogP contribution in [-0.2, 0) is 11.3 Å². The number of aromatic carboxylic acids is 1. The third kappa shape index (κ3) is 2.98. The van der Waals surface area contributed by atoms with Gasteiger partial charge in [0.1, 0.15) is 0 Å². The maximum absolute atomic E-state index is 11.3. The summed E-state index contributed by atoms with van der Waals surface area (Å²) in [5.41, 5.74) is 1.15. The van der Waals surface area contributed by atoms with Crippen LogP contribution in [0.1, 0.15) is 16.1 Å². The van der Waals surface area contributed by atoms with E-state index in [4.69, 9.17) is 5.11 Å². The van der Waals surface area contributed by atoms with Crippen LogP contribution in [0.2, 0.25) is 0 Å². The highest BCUT2D eigenvalue weighted by atomic mass is 32.2. The molecular formula is C11H9N2O4S2-. The van der Waals surface area contributed by atoms with Gasteiger partial charge in [0.25, 0.3) is 0 Å². The second-order valence-corrected chi connectivity index (χ2v) is 5.27. The first-order valence-corrected chi connectivity index (χ1v) is 7.05. The van der Waals surface area contributed by atoms with E-state index in [0.29, 0.717) is 10.8 Å². The number of thiazole rings is 1. The van der Waals surface area contributed by atoms with E-state index in [2.05, 4.69) is 4.98 Å². The van der Waals surface area contributed by atoms with Gasteiger partial charge in [-0.15, -0.1) is 11.3 Å². The van der Waals surface area contributed by atoms with Gasteiger partial charge < -0.3 is 9.66 Å². The fraction of sp³-hybridized carbons (Fsp3) is 0.0909. The lowest BCUT2D eigenvalue weighted by Gasteiger charge is -2.23. The highest BCUT2D eigenvalue weighted by molar-refractivity contribution is 7.81. The first-order valence-electron chi connectivity index (χ1n) is 5.14. The largest absolute Gasteiger partial charge is 0.755 e. The van der Waals surface area contributed by atoms with E-state index < -0.39 is 17.2 Å². The van der Waals surface area contributed by atoms with Crippen LogP contribution in [0.4, 0.5) is 10.8 Å². The predicted molar refractivity (Wildman–Crippen MR) is 71.3 cm³/mol. The van der Waals surface area contributed by atoms with E-state index in [9.17, 15) is 13.6 Å². The van der Waals surface area contributed by atoms with E-state index in [0.717, 1.165) is 10.00 Å². The number of hydrogen-bond donors (Lipinski definition) is 1. The molecule has 1 N–H and O–H groups in total. The molecule has 0 saturated heterocycles. The summed E-state index contributed by atoms with van der Waals surface area (Å²) in [6, 6.07) is 5.54. The first-order chi connectivity index (χ1) is 8.99. The molecule has 0 fully saturated rings. The molecule has 0 aliphatic carbocycles. The predicted octanol–water partition coefficient (Wildman–Crippen LogP) is 2.08. The third-order valence-corrected chi connectivity index (χ3v) is 4.02. The Kier molecular flexibility index (Phi) is 3.93. The molecule has 6 nitrogen and oxygen atoms in total. The van der Waals surface area contributed by atoms with E-state index in [-0.39, 0.29) is 5.56 Å². The Hall–Kier alpha value is -1.77. The van der Waals surface area contributed by atoms with Gasteiger partial charge in [-0.1, -0.05) is 0 Å². The van der Waals surface area contributed by atoms with Gasteiger partial charge in [-0.25, -0.2) is 14.1 Å². The fourth-order valence-electron chi connectivity index (χ4n) is 1.43. The zero-order valence-corrected chi connectivity index (χ0v) is 11.4. The number of benzene rings is 1.